The monoisotopic (exact) mass is 245 g/mol. The fourth-order valence-corrected chi connectivity index (χ4v) is 1.76. The van der Waals surface area contributed by atoms with Crippen molar-refractivity contribution >= 4 is 5.95 Å². The summed E-state index contributed by atoms with van der Waals surface area (Å²) in [5.74, 6) is 1.74. The fourth-order valence-electron chi connectivity index (χ4n) is 1.76. The maximum Gasteiger partial charge on any atom is 0.207 e. The van der Waals surface area contributed by atoms with Gasteiger partial charge >= 0.3 is 0 Å². The molecule has 0 atom stereocenters. The summed E-state index contributed by atoms with van der Waals surface area (Å²) in [5, 5.41) is 3.34. The summed E-state index contributed by atoms with van der Waals surface area (Å²) < 4.78 is 7.19. The number of methoxy groups -OCH3 is 1. The molecule has 4 heteroatoms. The van der Waals surface area contributed by atoms with E-state index in [0.717, 1.165) is 30.4 Å². The van der Waals surface area contributed by atoms with Crippen LogP contribution in [-0.4, -0.2) is 23.2 Å². The number of benzene rings is 1. The first-order valence-corrected chi connectivity index (χ1v) is 6.26. The van der Waals surface area contributed by atoms with Crippen molar-refractivity contribution in [3.63, 3.8) is 0 Å². The number of unbranched alkanes of at least 4 members (excludes halogenated alkanes) is 1. The first-order valence-electron chi connectivity index (χ1n) is 6.26. The molecule has 1 aromatic heterocycles. The number of imidazole rings is 1. The maximum atomic E-state index is 5.16. The van der Waals surface area contributed by atoms with E-state index in [1.54, 1.807) is 13.3 Å². The Bertz CT molecular complexity index is 476. The summed E-state index contributed by atoms with van der Waals surface area (Å²) in [6, 6.07) is 7.94. The van der Waals surface area contributed by atoms with Gasteiger partial charge in [0.2, 0.25) is 5.95 Å². The Labute approximate surface area is 108 Å². The van der Waals surface area contributed by atoms with Gasteiger partial charge < -0.3 is 10.1 Å². The van der Waals surface area contributed by atoms with Gasteiger partial charge in [-0.25, -0.2) is 4.98 Å². The van der Waals surface area contributed by atoms with Gasteiger partial charge in [0.25, 0.3) is 0 Å². The van der Waals surface area contributed by atoms with E-state index in [0.29, 0.717) is 0 Å². The molecule has 0 radical (unpaired) electrons. The SMILES string of the molecule is CCCCNc1nccn1-c1ccc(OC)cc1. The Morgan fingerprint density at radius 3 is 2.72 bits per heavy atom. The second kappa shape index (κ2) is 6.10. The molecule has 0 fully saturated rings. The molecular formula is C14H19N3O. The van der Waals surface area contributed by atoms with Crippen LogP contribution in [0.2, 0.25) is 0 Å². The summed E-state index contributed by atoms with van der Waals surface area (Å²) in [7, 11) is 1.67. The second-order valence-corrected chi connectivity index (χ2v) is 4.10. The van der Waals surface area contributed by atoms with Crippen molar-refractivity contribution in [1.82, 2.24) is 9.55 Å². The van der Waals surface area contributed by atoms with Gasteiger partial charge in [-0.3, -0.25) is 4.57 Å². The van der Waals surface area contributed by atoms with Crippen molar-refractivity contribution in [2.45, 2.75) is 19.8 Å². The van der Waals surface area contributed by atoms with Crippen LogP contribution in [0.25, 0.3) is 5.69 Å². The lowest BCUT2D eigenvalue weighted by Crippen LogP contribution is -2.07. The molecule has 0 saturated heterocycles. The van der Waals surface area contributed by atoms with Gasteiger partial charge in [-0.05, 0) is 30.7 Å². The summed E-state index contributed by atoms with van der Waals surface area (Å²) in [4.78, 5) is 4.33. The molecule has 18 heavy (non-hydrogen) atoms. The van der Waals surface area contributed by atoms with E-state index in [9.17, 15) is 0 Å². The van der Waals surface area contributed by atoms with Crippen LogP contribution in [0, 0.1) is 0 Å². The molecule has 1 N–H and O–H groups in total. The largest absolute Gasteiger partial charge is 0.497 e. The molecule has 0 bridgehead atoms. The van der Waals surface area contributed by atoms with Gasteiger partial charge in [-0.15, -0.1) is 0 Å². The zero-order valence-corrected chi connectivity index (χ0v) is 10.9. The lowest BCUT2D eigenvalue weighted by molar-refractivity contribution is 0.415. The molecule has 0 spiro atoms. The minimum atomic E-state index is 0.861. The Morgan fingerprint density at radius 1 is 1.28 bits per heavy atom. The van der Waals surface area contributed by atoms with Crippen LogP contribution in [0.3, 0.4) is 0 Å². The molecule has 0 unspecified atom stereocenters. The molecule has 1 heterocycles. The molecule has 96 valence electrons. The van der Waals surface area contributed by atoms with Crippen molar-refractivity contribution in [3.05, 3.63) is 36.7 Å². The van der Waals surface area contributed by atoms with E-state index in [1.165, 1.54) is 6.42 Å². The van der Waals surface area contributed by atoms with Crippen LogP contribution in [0.15, 0.2) is 36.7 Å². The normalized spacial score (nSPS) is 10.3. The Hall–Kier alpha value is -1.97. The van der Waals surface area contributed by atoms with Gasteiger partial charge in [0.05, 0.1) is 7.11 Å². The van der Waals surface area contributed by atoms with E-state index in [2.05, 4.69) is 17.2 Å². The molecule has 0 amide bonds. The number of rotatable bonds is 6. The first kappa shape index (κ1) is 12.5. The quantitative estimate of drug-likeness (QED) is 0.795. The minimum absolute atomic E-state index is 0.861. The molecular weight excluding hydrogens is 226 g/mol. The third-order valence-corrected chi connectivity index (χ3v) is 2.80. The topological polar surface area (TPSA) is 39.1 Å². The second-order valence-electron chi connectivity index (χ2n) is 4.10. The fraction of sp³-hybridized carbons (Fsp3) is 0.357. The number of hydrogen-bond acceptors (Lipinski definition) is 3. The van der Waals surface area contributed by atoms with Crippen LogP contribution in [-0.2, 0) is 0 Å². The maximum absolute atomic E-state index is 5.16. The van der Waals surface area contributed by atoms with Gasteiger partial charge in [-0.2, -0.15) is 0 Å². The number of anilines is 1. The molecule has 0 aliphatic carbocycles. The zero-order chi connectivity index (χ0) is 12.8. The Balaban J connectivity index is 2.14. The summed E-state index contributed by atoms with van der Waals surface area (Å²) in [6.07, 6.45) is 6.08. The average Bonchev–Trinajstić information content (AvgIpc) is 2.88. The number of nitrogens with zero attached hydrogens (tertiary/aromatic N) is 2. The first-order chi connectivity index (χ1) is 8.85. The van der Waals surface area contributed by atoms with Crippen molar-refractivity contribution in [1.29, 1.82) is 0 Å². The van der Waals surface area contributed by atoms with Gasteiger partial charge in [0, 0.05) is 24.6 Å². The number of aromatic nitrogens is 2. The third kappa shape index (κ3) is 2.83. The number of nitrogens with one attached hydrogen (secondary N) is 1. The molecule has 1 aromatic carbocycles. The van der Waals surface area contributed by atoms with Crippen LogP contribution in [0.5, 0.6) is 5.75 Å². The Kier molecular flexibility index (Phi) is 4.23. The van der Waals surface area contributed by atoms with Crippen LogP contribution < -0.4 is 10.1 Å². The highest BCUT2D eigenvalue weighted by Gasteiger charge is 2.04. The average molecular weight is 245 g/mol. The minimum Gasteiger partial charge on any atom is -0.497 e. The summed E-state index contributed by atoms with van der Waals surface area (Å²) in [6.45, 7) is 3.13. The lowest BCUT2D eigenvalue weighted by Gasteiger charge is -2.10. The molecule has 0 aliphatic rings. The van der Waals surface area contributed by atoms with Crippen molar-refractivity contribution in [3.8, 4) is 11.4 Å². The van der Waals surface area contributed by atoms with Crippen LogP contribution in [0.1, 0.15) is 19.8 Å². The van der Waals surface area contributed by atoms with Gasteiger partial charge in [0.15, 0.2) is 0 Å². The molecule has 2 aromatic rings. The van der Waals surface area contributed by atoms with Crippen molar-refractivity contribution in [2.75, 3.05) is 19.0 Å². The van der Waals surface area contributed by atoms with Crippen molar-refractivity contribution < 1.29 is 4.74 Å². The highest BCUT2D eigenvalue weighted by molar-refractivity contribution is 5.44. The lowest BCUT2D eigenvalue weighted by atomic mass is 10.3. The third-order valence-electron chi connectivity index (χ3n) is 2.80. The number of hydrogen-bond donors (Lipinski definition) is 1. The van der Waals surface area contributed by atoms with E-state index in [1.807, 2.05) is 35.0 Å². The highest BCUT2D eigenvalue weighted by atomic mass is 16.5. The molecule has 0 aliphatic heterocycles. The van der Waals surface area contributed by atoms with Gasteiger partial charge in [-0.1, -0.05) is 13.3 Å². The predicted octanol–water partition coefficient (Wildman–Crippen LogP) is 3.09. The zero-order valence-electron chi connectivity index (χ0n) is 10.9. The van der Waals surface area contributed by atoms with Gasteiger partial charge in [0.1, 0.15) is 5.75 Å². The highest BCUT2D eigenvalue weighted by Crippen LogP contribution is 2.18. The smallest absolute Gasteiger partial charge is 0.207 e. The van der Waals surface area contributed by atoms with Crippen molar-refractivity contribution in [2.24, 2.45) is 0 Å². The van der Waals surface area contributed by atoms with E-state index >= 15 is 0 Å². The van der Waals surface area contributed by atoms with Crippen LogP contribution in [0.4, 0.5) is 5.95 Å². The molecule has 2 rings (SSSR count). The van der Waals surface area contributed by atoms with E-state index in [-0.39, 0.29) is 0 Å². The molecule has 0 saturated carbocycles. The Morgan fingerprint density at radius 2 is 2.06 bits per heavy atom. The number of ether oxygens (including phenoxy) is 1. The summed E-state index contributed by atoms with van der Waals surface area (Å²) >= 11 is 0. The summed E-state index contributed by atoms with van der Waals surface area (Å²) in [5.41, 5.74) is 1.08. The van der Waals surface area contributed by atoms with E-state index < -0.39 is 0 Å². The van der Waals surface area contributed by atoms with E-state index in [4.69, 9.17) is 4.74 Å². The standard InChI is InChI=1S/C14H19N3O/c1-3-4-9-15-14-16-10-11-17(14)12-5-7-13(18-2)8-6-12/h5-8,10-11H,3-4,9H2,1-2H3,(H,15,16). The molecule has 4 nitrogen and oxygen atoms in total. The van der Waals surface area contributed by atoms with Crippen LogP contribution >= 0.6 is 0 Å². The predicted molar refractivity (Wildman–Crippen MR) is 73.5 cm³/mol.